The van der Waals surface area contributed by atoms with Gasteiger partial charge in [0.05, 0.1) is 0 Å². The molecule has 2 aromatic rings. The van der Waals surface area contributed by atoms with E-state index >= 15 is 0 Å². The van der Waals surface area contributed by atoms with Gasteiger partial charge in [-0.3, -0.25) is 0 Å². The first kappa shape index (κ1) is 11.9. The third-order valence-corrected chi connectivity index (χ3v) is 3.20. The summed E-state index contributed by atoms with van der Waals surface area (Å²) in [6.07, 6.45) is 0. The molecule has 0 aliphatic carbocycles. The summed E-state index contributed by atoms with van der Waals surface area (Å²) < 4.78 is 0. The maximum atomic E-state index is 5.66. The molecule has 0 saturated carbocycles. The molecule has 0 saturated heterocycles. The van der Waals surface area contributed by atoms with E-state index in [0.29, 0.717) is 6.54 Å². The van der Waals surface area contributed by atoms with Crippen LogP contribution in [0.15, 0.2) is 36.4 Å². The van der Waals surface area contributed by atoms with Crippen LogP contribution in [-0.4, -0.2) is 0 Å². The second-order valence-corrected chi connectivity index (χ2v) is 4.67. The fraction of sp³-hybridized carbons (Fsp3) is 0.250. The van der Waals surface area contributed by atoms with Crippen molar-refractivity contribution in [2.75, 3.05) is 0 Å². The van der Waals surface area contributed by atoms with Crippen LogP contribution in [0, 0.1) is 20.8 Å². The Labute approximate surface area is 103 Å². The van der Waals surface area contributed by atoms with Gasteiger partial charge in [0.15, 0.2) is 0 Å². The van der Waals surface area contributed by atoms with E-state index in [9.17, 15) is 0 Å². The highest BCUT2D eigenvalue weighted by atomic mass is 14.5. The van der Waals surface area contributed by atoms with Crippen LogP contribution in [0.3, 0.4) is 0 Å². The summed E-state index contributed by atoms with van der Waals surface area (Å²) in [6, 6.07) is 13.1. The molecule has 0 aliphatic heterocycles. The molecule has 0 aliphatic rings. The standard InChI is InChI=1S/C16H19N/c1-11-4-6-15(12(2)8-11)16-7-5-14(10-17)9-13(16)3/h4-9H,10,17H2,1-3H3. The monoisotopic (exact) mass is 225 g/mol. The third-order valence-electron chi connectivity index (χ3n) is 3.20. The predicted molar refractivity (Wildman–Crippen MR) is 74.0 cm³/mol. The van der Waals surface area contributed by atoms with Crippen molar-refractivity contribution in [3.63, 3.8) is 0 Å². The average molecular weight is 225 g/mol. The molecule has 1 heteroatoms. The van der Waals surface area contributed by atoms with E-state index in [4.69, 9.17) is 5.73 Å². The van der Waals surface area contributed by atoms with Gasteiger partial charge in [0.1, 0.15) is 0 Å². The second kappa shape index (κ2) is 4.72. The van der Waals surface area contributed by atoms with Crippen molar-refractivity contribution in [3.8, 4) is 11.1 Å². The van der Waals surface area contributed by atoms with E-state index in [1.54, 1.807) is 0 Å². The highest BCUT2D eigenvalue weighted by Gasteiger charge is 2.05. The van der Waals surface area contributed by atoms with Crippen LogP contribution in [-0.2, 0) is 6.54 Å². The Morgan fingerprint density at radius 3 is 1.94 bits per heavy atom. The van der Waals surface area contributed by atoms with Crippen LogP contribution in [0.5, 0.6) is 0 Å². The minimum Gasteiger partial charge on any atom is -0.326 e. The third kappa shape index (κ3) is 2.40. The topological polar surface area (TPSA) is 26.0 Å². The predicted octanol–water partition coefficient (Wildman–Crippen LogP) is 3.74. The van der Waals surface area contributed by atoms with Crippen LogP contribution in [0.25, 0.3) is 11.1 Å². The lowest BCUT2D eigenvalue weighted by atomic mass is 9.94. The highest BCUT2D eigenvalue weighted by Crippen LogP contribution is 2.27. The maximum Gasteiger partial charge on any atom is 0.0178 e. The summed E-state index contributed by atoms with van der Waals surface area (Å²) >= 11 is 0. The lowest BCUT2D eigenvalue weighted by molar-refractivity contribution is 1.07. The smallest absolute Gasteiger partial charge is 0.0178 e. The van der Waals surface area contributed by atoms with Crippen molar-refractivity contribution in [1.29, 1.82) is 0 Å². The molecule has 1 nitrogen and oxygen atoms in total. The molecule has 17 heavy (non-hydrogen) atoms. The first-order chi connectivity index (χ1) is 8.11. The van der Waals surface area contributed by atoms with Gasteiger partial charge < -0.3 is 5.73 Å². The molecule has 0 amide bonds. The van der Waals surface area contributed by atoms with Crippen molar-refractivity contribution < 1.29 is 0 Å². The lowest BCUT2D eigenvalue weighted by Crippen LogP contribution is -1.97. The minimum absolute atomic E-state index is 0.605. The van der Waals surface area contributed by atoms with E-state index < -0.39 is 0 Å². The van der Waals surface area contributed by atoms with E-state index in [0.717, 1.165) is 0 Å². The quantitative estimate of drug-likeness (QED) is 0.828. The molecule has 0 fully saturated rings. The summed E-state index contributed by atoms with van der Waals surface area (Å²) in [5, 5.41) is 0. The molecule has 0 atom stereocenters. The van der Waals surface area contributed by atoms with E-state index in [2.05, 4.69) is 57.2 Å². The number of aryl methyl sites for hydroxylation is 3. The van der Waals surface area contributed by atoms with Gasteiger partial charge in [-0.15, -0.1) is 0 Å². The lowest BCUT2D eigenvalue weighted by Gasteiger charge is -2.11. The summed E-state index contributed by atoms with van der Waals surface area (Å²) in [5.41, 5.74) is 13.4. The van der Waals surface area contributed by atoms with Crippen LogP contribution in [0.1, 0.15) is 22.3 Å². The zero-order valence-electron chi connectivity index (χ0n) is 10.7. The van der Waals surface area contributed by atoms with Crippen LogP contribution in [0.2, 0.25) is 0 Å². The Hall–Kier alpha value is -1.60. The zero-order valence-corrected chi connectivity index (χ0v) is 10.7. The molecule has 88 valence electrons. The molecule has 2 N–H and O–H groups in total. The van der Waals surface area contributed by atoms with E-state index in [1.165, 1.54) is 33.4 Å². The van der Waals surface area contributed by atoms with Crippen LogP contribution < -0.4 is 5.73 Å². The van der Waals surface area contributed by atoms with Gasteiger partial charge in [0, 0.05) is 6.54 Å². The first-order valence-electron chi connectivity index (χ1n) is 5.99. The highest BCUT2D eigenvalue weighted by molar-refractivity contribution is 5.71. The molecule has 2 aromatic carbocycles. The SMILES string of the molecule is Cc1ccc(-c2ccc(CN)cc2C)c(C)c1. The van der Waals surface area contributed by atoms with Crippen LogP contribution >= 0.6 is 0 Å². The molecule has 0 bridgehead atoms. The molecule has 2 rings (SSSR count). The van der Waals surface area contributed by atoms with Gasteiger partial charge in [-0.1, -0.05) is 42.0 Å². The van der Waals surface area contributed by atoms with Gasteiger partial charge >= 0.3 is 0 Å². The largest absolute Gasteiger partial charge is 0.326 e. The molecule has 0 radical (unpaired) electrons. The Morgan fingerprint density at radius 1 is 0.824 bits per heavy atom. The summed E-state index contributed by atoms with van der Waals surface area (Å²) in [4.78, 5) is 0. The minimum atomic E-state index is 0.605. The van der Waals surface area contributed by atoms with Crippen molar-refractivity contribution in [1.82, 2.24) is 0 Å². The van der Waals surface area contributed by atoms with Crippen molar-refractivity contribution in [2.24, 2.45) is 5.73 Å². The Bertz CT molecular complexity index is 541. The van der Waals surface area contributed by atoms with Gasteiger partial charge in [-0.25, -0.2) is 0 Å². The van der Waals surface area contributed by atoms with Crippen molar-refractivity contribution >= 4 is 0 Å². The molecular weight excluding hydrogens is 206 g/mol. The number of hydrogen-bond acceptors (Lipinski definition) is 1. The van der Waals surface area contributed by atoms with Gasteiger partial charge in [-0.2, -0.15) is 0 Å². The van der Waals surface area contributed by atoms with Crippen molar-refractivity contribution in [3.05, 3.63) is 58.7 Å². The molecule has 0 heterocycles. The fourth-order valence-corrected chi connectivity index (χ4v) is 2.27. The molecular formula is C16H19N. The Kier molecular flexibility index (Phi) is 3.30. The number of nitrogens with two attached hydrogens (primary N) is 1. The Balaban J connectivity index is 2.53. The molecule has 0 spiro atoms. The maximum absolute atomic E-state index is 5.66. The number of rotatable bonds is 2. The Morgan fingerprint density at radius 2 is 1.41 bits per heavy atom. The summed E-state index contributed by atoms with van der Waals surface area (Å²) in [5.74, 6) is 0. The van der Waals surface area contributed by atoms with E-state index in [-0.39, 0.29) is 0 Å². The molecule has 0 unspecified atom stereocenters. The average Bonchev–Trinajstić information content (AvgIpc) is 2.30. The summed E-state index contributed by atoms with van der Waals surface area (Å²) in [7, 11) is 0. The normalized spacial score (nSPS) is 10.6. The fourth-order valence-electron chi connectivity index (χ4n) is 2.27. The van der Waals surface area contributed by atoms with Gasteiger partial charge in [-0.05, 0) is 48.6 Å². The number of benzene rings is 2. The number of hydrogen-bond donors (Lipinski definition) is 1. The van der Waals surface area contributed by atoms with Crippen LogP contribution in [0.4, 0.5) is 0 Å². The van der Waals surface area contributed by atoms with E-state index in [1.807, 2.05) is 0 Å². The summed E-state index contributed by atoms with van der Waals surface area (Å²) in [6.45, 7) is 7.04. The first-order valence-corrected chi connectivity index (χ1v) is 5.99. The van der Waals surface area contributed by atoms with Gasteiger partial charge in [0.25, 0.3) is 0 Å². The zero-order chi connectivity index (χ0) is 12.4. The van der Waals surface area contributed by atoms with Gasteiger partial charge in [0.2, 0.25) is 0 Å². The molecule has 0 aromatic heterocycles. The van der Waals surface area contributed by atoms with Crippen molar-refractivity contribution in [2.45, 2.75) is 27.3 Å². The second-order valence-electron chi connectivity index (χ2n) is 4.67.